The summed E-state index contributed by atoms with van der Waals surface area (Å²) >= 11 is 5.94. The molecule has 0 bridgehead atoms. The van der Waals surface area contributed by atoms with E-state index in [1.54, 1.807) is 0 Å². The Bertz CT molecular complexity index is 901. The second-order valence-electron chi connectivity index (χ2n) is 5.67. The van der Waals surface area contributed by atoms with Crippen molar-refractivity contribution in [2.45, 2.75) is 6.54 Å². The van der Waals surface area contributed by atoms with Crippen LogP contribution < -0.4 is 4.74 Å². The molecule has 2 aromatic rings. The van der Waals surface area contributed by atoms with Crippen molar-refractivity contribution in [3.05, 3.63) is 68.5 Å². The molecule has 8 nitrogen and oxygen atoms in total. The molecule has 10 heteroatoms. The maximum Gasteiger partial charge on any atom is 0.337 e. The van der Waals surface area contributed by atoms with Crippen LogP contribution in [0.3, 0.4) is 0 Å². The predicted octanol–water partition coefficient (Wildman–Crippen LogP) is 3.21. The minimum atomic E-state index is -0.711. The molecule has 0 saturated heterocycles. The van der Waals surface area contributed by atoms with E-state index in [2.05, 4.69) is 4.74 Å². The normalized spacial score (nSPS) is 10.3. The third-order valence-electron chi connectivity index (χ3n) is 3.81. The van der Waals surface area contributed by atoms with Gasteiger partial charge in [0.2, 0.25) is 0 Å². The van der Waals surface area contributed by atoms with Crippen LogP contribution in [-0.2, 0) is 16.1 Å². The number of benzene rings is 2. The number of hydrogen-bond donors (Lipinski definition) is 0. The van der Waals surface area contributed by atoms with Crippen LogP contribution in [0.4, 0.5) is 10.1 Å². The molecule has 0 aromatic heterocycles. The van der Waals surface area contributed by atoms with Crippen molar-refractivity contribution in [3.8, 4) is 5.75 Å². The lowest BCUT2D eigenvalue weighted by Gasteiger charge is -2.18. The molecule has 0 aliphatic rings. The average Bonchev–Trinajstić information content (AvgIpc) is 2.67. The van der Waals surface area contributed by atoms with E-state index in [1.165, 1.54) is 36.2 Å². The van der Waals surface area contributed by atoms with Crippen LogP contribution in [0.15, 0.2) is 36.4 Å². The first-order valence-corrected chi connectivity index (χ1v) is 8.28. The fourth-order valence-electron chi connectivity index (χ4n) is 2.28. The summed E-state index contributed by atoms with van der Waals surface area (Å²) in [5.74, 6) is -2.11. The number of amides is 1. The number of ether oxygens (including phenoxy) is 2. The van der Waals surface area contributed by atoms with Gasteiger partial charge < -0.3 is 14.4 Å². The van der Waals surface area contributed by atoms with Crippen molar-refractivity contribution < 1.29 is 28.4 Å². The zero-order valence-corrected chi connectivity index (χ0v) is 15.7. The maximum atomic E-state index is 13.8. The molecule has 2 rings (SSSR count). The van der Waals surface area contributed by atoms with Crippen molar-refractivity contribution >= 4 is 29.2 Å². The van der Waals surface area contributed by atoms with Crippen molar-refractivity contribution in [2.75, 3.05) is 20.8 Å². The van der Waals surface area contributed by atoms with E-state index in [4.69, 9.17) is 16.3 Å². The minimum Gasteiger partial charge on any atom is -0.477 e. The number of nitrogens with zero attached hydrogens (tertiary/aromatic N) is 2. The highest BCUT2D eigenvalue weighted by atomic mass is 35.5. The van der Waals surface area contributed by atoms with Crippen LogP contribution in [-0.4, -0.2) is 42.5 Å². The average molecular weight is 411 g/mol. The predicted molar refractivity (Wildman–Crippen MR) is 97.8 cm³/mol. The van der Waals surface area contributed by atoms with Gasteiger partial charge in [-0.2, -0.15) is 0 Å². The Hall–Kier alpha value is -3.20. The largest absolute Gasteiger partial charge is 0.477 e. The first-order chi connectivity index (χ1) is 13.2. The molecule has 28 heavy (non-hydrogen) atoms. The quantitative estimate of drug-likeness (QED) is 0.395. The number of rotatable bonds is 7. The monoisotopic (exact) mass is 410 g/mol. The van der Waals surface area contributed by atoms with E-state index in [1.807, 2.05) is 0 Å². The summed E-state index contributed by atoms with van der Waals surface area (Å²) in [6, 6.07) is 7.57. The van der Waals surface area contributed by atoms with Gasteiger partial charge in [0.25, 0.3) is 5.91 Å². The Morgan fingerprint density at radius 1 is 1.29 bits per heavy atom. The number of nitro groups is 1. The second-order valence-corrected chi connectivity index (χ2v) is 6.08. The van der Waals surface area contributed by atoms with Crippen LogP contribution in [0.25, 0.3) is 0 Å². The van der Waals surface area contributed by atoms with E-state index < -0.39 is 34.9 Å². The Morgan fingerprint density at radius 2 is 2.00 bits per heavy atom. The summed E-state index contributed by atoms with van der Waals surface area (Å²) in [5.41, 5.74) is -0.249. The molecular weight excluding hydrogens is 395 g/mol. The Labute approximate surface area is 164 Å². The zero-order chi connectivity index (χ0) is 20.8. The van der Waals surface area contributed by atoms with Crippen molar-refractivity contribution in [3.63, 3.8) is 0 Å². The number of nitro benzene ring substituents is 1. The van der Waals surface area contributed by atoms with Crippen molar-refractivity contribution in [2.24, 2.45) is 0 Å². The number of methoxy groups -OCH3 is 1. The number of carbonyl (C=O) groups is 2. The van der Waals surface area contributed by atoms with Crippen LogP contribution >= 0.6 is 11.6 Å². The lowest BCUT2D eigenvalue weighted by Crippen LogP contribution is -2.31. The molecule has 0 N–H and O–H groups in total. The summed E-state index contributed by atoms with van der Waals surface area (Å²) in [6.07, 6.45) is 0. The SMILES string of the molecule is COC(=O)c1ccc([N+](=O)[O-])c(OCC(=O)N(C)Cc2c(F)cccc2Cl)c1. The molecule has 0 saturated carbocycles. The van der Waals surface area contributed by atoms with Gasteiger partial charge in [-0.1, -0.05) is 17.7 Å². The number of hydrogen-bond acceptors (Lipinski definition) is 6. The maximum absolute atomic E-state index is 13.8. The van der Waals surface area contributed by atoms with Crippen molar-refractivity contribution in [1.82, 2.24) is 4.90 Å². The third kappa shape index (κ3) is 4.95. The van der Waals surface area contributed by atoms with Gasteiger partial charge in [0.1, 0.15) is 5.82 Å². The van der Waals surface area contributed by atoms with Crippen LogP contribution in [0.2, 0.25) is 5.02 Å². The topological polar surface area (TPSA) is 99.0 Å². The van der Waals surface area contributed by atoms with E-state index in [-0.39, 0.29) is 28.4 Å². The lowest BCUT2D eigenvalue weighted by atomic mass is 10.2. The molecule has 0 heterocycles. The molecule has 0 spiro atoms. The molecule has 2 aromatic carbocycles. The van der Waals surface area contributed by atoms with Gasteiger partial charge in [-0.3, -0.25) is 14.9 Å². The highest BCUT2D eigenvalue weighted by Crippen LogP contribution is 2.28. The summed E-state index contributed by atoms with van der Waals surface area (Å²) < 4.78 is 23.7. The number of halogens is 2. The van der Waals surface area contributed by atoms with E-state index in [9.17, 15) is 24.1 Å². The standard InChI is InChI=1S/C18H16ClFN2O6/c1-21(9-12-13(19)4-3-5-14(12)20)17(23)10-28-16-8-11(18(24)27-2)6-7-15(16)22(25)26/h3-8H,9-10H2,1-2H3. The highest BCUT2D eigenvalue weighted by Gasteiger charge is 2.21. The molecule has 1 amide bonds. The molecule has 148 valence electrons. The molecule has 0 aliphatic carbocycles. The van der Waals surface area contributed by atoms with E-state index in [0.717, 1.165) is 19.2 Å². The van der Waals surface area contributed by atoms with Gasteiger partial charge in [-0.15, -0.1) is 0 Å². The van der Waals surface area contributed by atoms with Crippen LogP contribution in [0.5, 0.6) is 5.75 Å². The number of likely N-dealkylation sites (N-methyl/N-ethyl adjacent to an activating group) is 1. The zero-order valence-electron chi connectivity index (χ0n) is 15.0. The number of carbonyl (C=O) groups excluding carboxylic acids is 2. The molecule has 0 fully saturated rings. The highest BCUT2D eigenvalue weighted by molar-refractivity contribution is 6.31. The second kappa shape index (κ2) is 9.14. The van der Waals surface area contributed by atoms with Gasteiger partial charge in [0, 0.05) is 36.3 Å². The first kappa shape index (κ1) is 21.1. The summed E-state index contributed by atoms with van der Waals surface area (Å²) in [5, 5.41) is 11.3. The fraction of sp³-hybridized carbons (Fsp3) is 0.222. The lowest BCUT2D eigenvalue weighted by molar-refractivity contribution is -0.385. The van der Waals surface area contributed by atoms with Gasteiger partial charge in [-0.05, 0) is 18.2 Å². The summed E-state index contributed by atoms with van der Waals surface area (Å²) in [6.45, 7) is -0.675. The van der Waals surface area contributed by atoms with Gasteiger partial charge in [-0.25, -0.2) is 9.18 Å². The Balaban J connectivity index is 2.12. The summed E-state index contributed by atoms with van der Waals surface area (Å²) in [4.78, 5) is 35.4. The van der Waals surface area contributed by atoms with Crippen molar-refractivity contribution in [1.29, 1.82) is 0 Å². The van der Waals surface area contributed by atoms with Crippen LogP contribution in [0, 0.1) is 15.9 Å². The Kier molecular flexibility index (Phi) is 6.89. The fourth-order valence-corrected chi connectivity index (χ4v) is 2.51. The number of esters is 1. The van der Waals surface area contributed by atoms with Gasteiger partial charge in [0.05, 0.1) is 17.6 Å². The smallest absolute Gasteiger partial charge is 0.337 e. The van der Waals surface area contributed by atoms with E-state index in [0.29, 0.717) is 0 Å². The Morgan fingerprint density at radius 3 is 2.61 bits per heavy atom. The molecule has 0 atom stereocenters. The first-order valence-electron chi connectivity index (χ1n) is 7.91. The van der Waals surface area contributed by atoms with E-state index >= 15 is 0 Å². The van der Waals surface area contributed by atoms with Gasteiger partial charge >= 0.3 is 11.7 Å². The molecule has 0 unspecified atom stereocenters. The molecular formula is C18H16ClFN2O6. The minimum absolute atomic E-state index is 0.0297. The molecule has 0 aliphatic heterocycles. The van der Waals surface area contributed by atoms with Crippen LogP contribution in [0.1, 0.15) is 15.9 Å². The third-order valence-corrected chi connectivity index (χ3v) is 4.17. The van der Waals surface area contributed by atoms with Gasteiger partial charge in [0.15, 0.2) is 12.4 Å². The molecule has 0 radical (unpaired) electrons. The summed E-state index contributed by atoms with van der Waals surface area (Å²) in [7, 11) is 2.57.